The number of carboxylic acid groups (broad SMARTS) is 2. The minimum absolute atomic E-state index is 0. The van der Waals surface area contributed by atoms with E-state index in [1.165, 1.54) is 0 Å². The topological polar surface area (TPSA) is 143 Å². The van der Waals surface area contributed by atoms with Crippen LogP contribution in [0.4, 0.5) is 4.79 Å². The third kappa shape index (κ3) is 8660. The van der Waals surface area contributed by atoms with Crippen LogP contribution in [0.25, 0.3) is 0 Å². The van der Waals surface area contributed by atoms with Crippen LogP contribution in [0, 0.1) is 0 Å². The van der Waals surface area contributed by atoms with E-state index in [-0.39, 0.29) is 11.0 Å². The van der Waals surface area contributed by atoms with E-state index in [1.54, 1.807) is 0 Å². The molecule has 0 fully saturated rings. The van der Waals surface area contributed by atoms with Gasteiger partial charge in [-0.25, -0.2) is 0 Å². The molecule has 0 heterocycles. The van der Waals surface area contributed by atoms with Crippen LogP contribution in [-0.4, -0.2) is 17.1 Å². The fraction of sp³-hybridized carbons (Fsp3) is 0. The molecule has 6 nitrogen and oxygen atoms in total. The molecule has 0 aromatic rings. The van der Waals surface area contributed by atoms with Gasteiger partial charge in [-0.05, 0) is 6.16 Å². The second-order valence-corrected chi connectivity index (χ2v) is 0.250. The maximum absolute atomic E-state index is 8.34. The van der Waals surface area contributed by atoms with E-state index in [0.717, 1.165) is 0 Å². The molecule has 0 rings (SSSR count). The van der Waals surface area contributed by atoms with Gasteiger partial charge in [-0.2, -0.15) is 0 Å². The Kier molecular flexibility index (Phi) is 89.0. The predicted molar refractivity (Wildman–Crippen MR) is 13.3 cm³/mol. The summed E-state index contributed by atoms with van der Waals surface area (Å²) in [6.45, 7) is 0. The summed E-state index contributed by atoms with van der Waals surface area (Å²) in [5.74, 6) is 0. The molecule has 0 aromatic heterocycles. The van der Waals surface area contributed by atoms with Gasteiger partial charge in [0.15, 0.2) is 0 Å². The van der Waals surface area contributed by atoms with Crippen molar-refractivity contribution in [2.75, 3.05) is 0 Å². The Hall–Kier alpha value is -0.127. The zero-order chi connectivity index (χ0) is 5.58. The quantitative estimate of drug-likeness (QED) is 0.393. The first-order chi connectivity index (χ1) is 2.73. The Balaban J connectivity index is -0.0000000183. The molecule has 4 N–H and O–H groups in total. The van der Waals surface area contributed by atoms with E-state index >= 15 is 0 Å². The van der Waals surface area contributed by atoms with E-state index in [4.69, 9.17) is 17.8 Å². The van der Waals surface area contributed by atoms with Crippen molar-refractivity contribution in [2.24, 2.45) is 0 Å². The van der Waals surface area contributed by atoms with Gasteiger partial charge in [-0.15, -0.1) is 0 Å². The van der Waals surface area contributed by atoms with Crippen LogP contribution in [0.2, 0.25) is 0 Å². The van der Waals surface area contributed by atoms with Crippen LogP contribution in [0.3, 0.4) is 0 Å². The summed E-state index contributed by atoms with van der Waals surface area (Å²) in [5.41, 5.74) is 0. The molecule has 0 saturated heterocycles. The molecule has 7 heteroatoms. The van der Waals surface area contributed by atoms with Gasteiger partial charge in [0.05, 0.1) is 0 Å². The van der Waals surface area contributed by atoms with Crippen molar-refractivity contribution in [1.29, 1.82) is 0 Å². The first-order valence-electron chi connectivity index (χ1n) is 0.816. The Morgan fingerprint density at radius 2 is 1.12 bits per heavy atom. The molecule has 8 heavy (non-hydrogen) atoms. The summed E-state index contributed by atoms with van der Waals surface area (Å²) >= 11 is 0.300. The average molecular weight is 203 g/mol. The van der Waals surface area contributed by atoms with Crippen LogP contribution < -0.4 is 10.2 Å². The van der Waals surface area contributed by atoms with Gasteiger partial charge in [0.25, 0.3) is 0 Å². The predicted octanol–water partition coefficient (Wildman–Crippen LogP) is -4.22. The van der Waals surface area contributed by atoms with Crippen molar-refractivity contribution in [2.45, 2.75) is 0 Å². The monoisotopic (exact) mass is 202 g/mol. The average Bonchev–Trinajstić information content (AvgIpc) is 1.41. The number of hydrogen-bond donors (Lipinski definition) is 0. The standard InChI is InChI=1S/CH2O3.2H2O.O.Zr/c2-1(3)4;;;;/h(H2,2,3,4);2*1H2;;/q;;;;+2/p-2. The number of rotatable bonds is 0. The van der Waals surface area contributed by atoms with Crippen molar-refractivity contribution in [3.63, 3.8) is 0 Å². The van der Waals surface area contributed by atoms with Gasteiger partial charge in [0, 0.05) is 0 Å². The van der Waals surface area contributed by atoms with Gasteiger partial charge in [-0.1, -0.05) is 0 Å². The summed E-state index contributed by atoms with van der Waals surface area (Å²) in [6.07, 6.45) is -2.33. The van der Waals surface area contributed by atoms with Crippen molar-refractivity contribution >= 4 is 6.16 Å². The summed E-state index contributed by atoms with van der Waals surface area (Å²) in [7, 11) is 0. The van der Waals surface area contributed by atoms with Crippen LogP contribution in [0.1, 0.15) is 0 Å². The van der Waals surface area contributed by atoms with E-state index in [9.17, 15) is 0 Å². The van der Waals surface area contributed by atoms with Crippen LogP contribution in [0.15, 0.2) is 0 Å². The first-order valence-corrected chi connectivity index (χ1v) is 1.82. The van der Waals surface area contributed by atoms with Gasteiger partial charge in [0.1, 0.15) is 0 Å². The van der Waals surface area contributed by atoms with Gasteiger partial charge in [0.2, 0.25) is 0 Å². The van der Waals surface area contributed by atoms with Crippen molar-refractivity contribution in [3.8, 4) is 0 Å². The van der Waals surface area contributed by atoms with Gasteiger partial charge >= 0.3 is 27.5 Å². The number of carbonyl (C=O) groups excluding carboxylic acids is 1. The van der Waals surface area contributed by atoms with Crippen molar-refractivity contribution in [3.05, 3.63) is 0 Å². The molecule has 0 radical (unpaired) electrons. The Morgan fingerprint density at radius 1 is 1.12 bits per heavy atom. The van der Waals surface area contributed by atoms with E-state index < -0.39 is 6.16 Å². The third-order valence-electron chi connectivity index (χ3n) is 0. The molecule has 0 aromatic carbocycles. The number of hydrogen-bond acceptors (Lipinski definition) is 4. The summed E-state index contributed by atoms with van der Waals surface area (Å²) in [6, 6.07) is 0. The summed E-state index contributed by atoms with van der Waals surface area (Å²) in [5, 5.41) is 16.7. The number of carbonyl (C=O) groups is 1. The molecule has 0 unspecified atom stereocenters. The molecule has 0 spiro atoms. The first kappa shape index (κ1) is 24.8. The van der Waals surface area contributed by atoms with Crippen molar-refractivity contribution < 1.29 is 53.5 Å². The summed E-state index contributed by atoms with van der Waals surface area (Å²) < 4.78 is 8.34. The second-order valence-electron chi connectivity index (χ2n) is 0.250. The molecule has 0 amide bonds. The van der Waals surface area contributed by atoms with Gasteiger partial charge < -0.3 is 26.0 Å². The zero-order valence-corrected chi connectivity index (χ0v) is 6.09. The molecule has 0 saturated carbocycles. The molecular formula is CH4O6Zr. The van der Waals surface area contributed by atoms with E-state index in [1.807, 2.05) is 0 Å². The summed E-state index contributed by atoms with van der Waals surface area (Å²) in [4.78, 5) is 8.33. The molecule has 0 aliphatic heterocycles. The van der Waals surface area contributed by atoms with Crippen LogP contribution >= 0.6 is 0 Å². The fourth-order valence-electron chi connectivity index (χ4n) is 0. The minimum atomic E-state index is -2.33. The normalized spacial score (nSPS) is 3.75. The molecule has 0 aliphatic carbocycles. The third-order valence-corrected chi connectivity index (χ3v) is 0. The second kappa shape index (κ2) is 28.7. The maximum atomic E-state index is 8.34. The Bertz CT molecular complexity index is 39.8. The Morgan fingerprint density at radius 3 is 1.12 bits per heavy atom. The SMILES string of the molecule is O.O.O=C([O-])[O-].[O]=[Zr+2]. The molecule has 0 bridgehead atoms. The van der Waals surface area contributed by atoms with Crippen LogP contribution in [0.5, 0.6) is 0 Å². The van der Waals surface area contributed by atoms with Crippen molar-refractivity contribution in [1.82, 2.24) is 0 Å². The molecule has 48 valence electrons. The van der Waals surface area contributed by atoms with Crippen LogP contribution in [-0.2, 0) is 27.5 Å². The Labute approximate surface area is 60.0 Å². The molecular weight excluding hydrogens is 199 g/mol. The fourth-order valence-corrected chi connectivity index (χ4v) is 0. The van der Waals surface area contributed by atoms with E-state index in [2.05, 4.69) is 0 Å². The zero-order valence-electron chi connectivity index (χ0n) is 3.63. The molecule has 0 aliphatic rings. The van der Waals surface area contributed by atoms with E-state index in [0.29, 0.717) is 24.7 Å². The van der Waals surface area contributed by atoms with Gasteiger partial charge in [-0.3, -0.25) is 0 Å². The molecule has 0 atom stereocenters.